The molecule has 1 aromatic rings. The van der Waals surface area contributed by atoms with Crippen LogP contribution in [0, 0.1) is 0 Å². The van der Waals surface area contributed by atoms with E-state index in [1.807, 2.05) is 12.1 Å². The summed E-state index contributed by atoms with van der Waals surface area (Å²) < 4.78 is 11.3. The predicted molar refractivity (Wildman–Crippen MR) is 86.1 cm³/mol. The van der Waals surface area contributed by atoms with Crippen molar-refractivity contribution in [2.45, 2.75) is 39.3 Å². The molecule has 0 unspecified atom stereocenters. The fourth-order valence-electron chi connectivity index (χ4n) is 2.33. The molecule has 1 aromatic carbocycles. The molecule has 1 saturated carbocycles. The first-order valence-corrected chi connectivity index (χ1v) is 8.02. The summed E-state index contributed by atoms with van der Waals surface area (Å²) in [4.78, 5) is 2.37. The molecule has 0 aliphatic heterocycles. The van der Waals surface area contributed by atoms with Crippen LogP contribution in [0.15, 0.2) is 18.2 Å². The van der Waals surface area contributed by atoms with Crippen LogP contribution in [-0.2, 0) is 6.54 Å². The number of nitrogens with one attached hydrogen (secondary N) is 1. The van der Waals surface area contributed by atoms with Crippen molar-refractivity contribution in [3.8, 4) is 11.5 Å². The molecule has 2 rings (SSSR count). The number of rotatable bonds is 10. The van der Waals surface area contributed by atoms with E-state index in [4.69, 9.17) is 9.47 Å². The van der Waals surface area contributed by atoms with E-state index in [-0.39, 0.29) is 0 Å². The van der Waals surface area contributed by atoms with E-state index >= 15 is 0 Å². The van der Waals surface area contributed by atoms with E-state index < -0.39 is 0 Å². The fourth-order valence-corrected chi connectivity index (χ4v) is 2.33. The smallest absolute Gasteiger partial charge is 0.124 e. The van der Waals surface area contributed by atoms with Crippen LogP contribution in [0.3, 0.4) is 0 Å². The van der Waals surface area contributed by atoms with Gasteiger partial charge in [-0.15, -0.1) is 0 Å². The van der Waals surface area contributed by atoms with Gasteiger partial charge in [-0.05, 0) is 44.1 Å². The molecule has 1 aliphatic rings. The van der Waals surface area contributed by atoms with Gasteiger partial charge in [-0.1, -0.05) is 13.8 Å². The summed E-state index contributed by atoms with van der Waals surface area (Å²) in [5.74, 6) is 1.86. The normalized spacial score (nSPS) is 14.5. The highest BCUT2D eigenvalue weighted by Gasteiger charge is 2.20. The largest absolute Gasteiger partial charge is 0.497 e. The highest BCUT2D eigenvalue weighted by molar-refractivity contribution is 5.40. The minimum absolute atomic E-state index is 0.694. The summed E-state index contributed by atoms with van der Waals surface area (Å²) >= 11 is 0. The molecule has 118 valence electrons. The van der Waals surface area contributed by atoms with Crippen molar-refractivity contribution in [2.75, 3.05) is 33.4 Å². The molecule has 0 atom stereocenters. The van der Waals surface area contributed by atoms with Gasteiger partial charge in [0, 0.05) is 24.7 Å². The molecular formula is C17H28N2O2. The molecular weight excluding hydrogens is 264 g/mol. The Hall–Kier alpha value is -1.26. The zero-order valence-corrected chi connectivity index (χ0v) is 13.5. The third-order valence-electron chi connectivity index (χ3n) is 3.99. The summed E-state index contributed by atoms with van der Waals surface area (Å²) in [5.41, 5.74) is 1.18. The van der Waals surface area contributed by atoms with Gasteiger partial charge in [0.25, 0.3) is 0 Å². The Balaban J connectivity index is 1.92. The number of benzene rings is 1. The van der Waals surface area contributed by atoms with Gasteiger partial charge in [0.2, 0.25) is 0 Å². The number of hydrogen-bond donors (Lipinski definition) is 1. The second-order valence-corrected chi connectivity index (χ2v) is 5.50. The number of nitrogens with zero attached hydrogens (tertiary/aromatic N) is 1. The van der Waals surface area contributed by atoms with Gasteiger partial charge in [0.1, 0.15) is 18.1 Å². The summed E-state index contributed by atoms with van der Waals surface area (Å²) in [5, 5.41) is 3.54. The second kappa shape index (κ2) is 8.25. The Morgan fingerprint density at radius 3 is 2.62 bits per heavy atom. The van der Waals surface area contributed by atoms with Gasteiger partial charge in [-0.3, -0.25) is 0 Å². The third-order valence-corrected chi connectivity index (χ3v) is 3.99. The van der Waals surface area contributed by atoms with Gasteiger partial charge >= 0.3 is 0 Å². The van der Waals surface area contributed by atoms with Crippen LogP contribution in [0.4, 0.5) is 0 Å². The molecule has 0 aromatic heterocycles. The first-order chi connectivity index (χ1) is 10.3. The maximum Gasteiger partial charge on any atom is 0.124 e. The Morgan fingerprint density at radius 1 is 1.24 bits per heavy atom. The van der Waals surface area contributed by atoms with Crippen molar-refractivity contribution in [1.82, 2.24) is 10.2 Å². The van der Waals surface area contributed by atoms with Crippen molar-refractivity contribution in [1.29, 1.82) is 0 Å². The standard InChI is InChI=1S/C17H28N2O2/c1-4-19(5-2)10-11-21-17-9-8-16(20-3)12-14(17)13-18-15-6-7-15/h8-9,12,15,18H,4-7,10-11,13H2,1-3H3. The Labute approximate surface area is 128 Å². The molecule has 0 bridgehead atoms. The first-order valence-electron chi connectivity index (χ1n) is 8.02. The highest BCUT2D eigenvalue weighted by Crippen LogP contribution is 2.26. The van der Waals surface area contributed by atoms with E-state index in [0.29, 0.717) is 6.04 Å². The van der Waals surface area contributed by atoms with Crippen LogP contribution in [0.2, 0.25) is 0 Å². The average molecular weight is 292 g/mol. The fraction of sp³-hybridized carbons (Fsp3) is 0.647. The van der Waals surface area contributed by atoms with Crippen molar-refractivity contribution in [3.05, 3.63) is 23.8 Å². The lowest BCUT2D eigenvalue weighted by Gasteiger charge is -2.19. The monoisotopic (exact) mass is 292 g/mol. The zero-order valence-electron chi connectivity index (χ0n) is 13.5. The number of likely N-dealkylation sites (N-methyl/N-ethyl adjacent to an activating group) is 1. The lowest BCUT2D eigenvalue weighted by atomic mass is 10.2. The molecule has 1 N–H and O–H groups in total. The second-order valence-electron chi connectivity index (χ2n) is 5.50. The van der Waals surface area contributed by atoms with E-state index in [2.05, 4.69) is 30.1 Å². The maximum atomic E-state index is 5.99. The van der Waals surface area contributed by atoms with Crippen molar-refractivity contribution in [3.63, 3.8) is 0 Å². The van der Waals surface area contributed by atoms with Crippen molar-refractivity contribution >= 4 is 0 Å². The molecule has 0 amide bonds. The molecule has 4 heteroatoms. The van der Waals surface area contributed by atoms with E-state index in [9.17, 15) is 0 Å². The van der Waals surface area contributed by atoms with E-state index in [1.165, 1.54) is 18.4 Å². The van der Waals surface area contributed by atoms with Gasteiger partial charge in [0.15, 0.2) is 0 Å². The van der Waals surface area contributed by atoms with E-state index in [1.54, 1.807) is 7.11 Å². The minimum Gasteiger partial charge on any atom is -0.497 e. The van der Waals surface area contributed by atoms with Gasteiger partial charge < -0.3 is 19.7 Å². The molecule has 1 fully saturated rings. The average Bonchev–Trinajstić information content (AvgIpc) is 3.34. The molecule has 21 heavy (non-hydrogen) atoms. The number of ether oxygens (including phenoxy) is 2. The van der Waals surface area contributed by atoms with Crippen molar-refractivity contribution < 1.29 is 9.47 Å². The third kappa shape index (κ3) is 5.21. The van der Waals surface area contributed by atoms with Gasteiger partial charge in [0.05, 0.1) is 7.11 Å². The van der Waals surface area contributed by atoms with Gasteiger partial charge in [-0.2, -0.15) is 0 Å². The molecule has 0 saturated heterocycles. The molecule has 4 nitrogen and oxygen atoms in total. The SMILES string of the molecule is CCN(CC)CCOc1ccc(OC)cc1CNC1CC1. The predicted octanol–water partition coefficient (Wildman–Crippen LogP) is 2.67. The van der Waals surface area contributed by atoms with Crippen LogP contribution in [0.5, 0.6) is 11.5 Å². The quantitative estimate of drug-likeness (QED) is 0.719. The molecule has 0 radical (unpaired) electrons. The molecule has 0 heterocycles. The van der Waals surface area contributed by atoms with Crippen LogP contribution in [0.25, 0.3) is 0 Å². The first kappa shape index (κ1) is 16.1. The number of hydrogen-bond acceptors (Lipinski definition) is 4. The summed E-state index contributed by atoms with van der Waals surface area (Å²) in [6.45, 7) is 9.04. The summed E-state index contributed by atoms with van der Waals surface area (Å²) in [6.07, 6.45) is 2.59. The van der Waals surface area contributed by atoms with Crippen molar-refractivity contribution in [2.24, 2.45) is 0 Å². The highest BCUT2D eigenvalue weighted by atomic mass is 16.5. The molecule has 1 aliphatic carbocycles. The summed E-state index contributed by atoms with van der Waals surface area (Å²) in [7, 11) is 1.70. The van der Waals surface area contributed by atoms with Gasteiger partial charge in [-0.25, -0.2) is 0 Å². The lowest BCUT2D eigenvalue weighted by molar-refractivity contribution is 0.221. The topological polar surface area (TPSA) is 33.7 Å². The molecule has 0 spiro atoms. The van der Waals surface area contributed by atoms with Crippen LogP contribution in [0.1, 0.15) is 32.3 Å². The van der Waals surface area contributed by atoms with E-state index in [0.717, 1.165) is 44.3 Å². The number of methoxy groups -OCH3 is 1. The lowest BCUT2D eigenvalue weighted by Crippen LogP contribution is -2.28. The summed E-state index contributed by atoms with van der Waals surface area (Å²) in [6, 6.07) is 6.75. The Kier molecular flexibility index (Phi) is 6.33. The van der Waals surface area contributed by atoms with Crippen LogP contribution in [-0.4, -0.2) is 44.3 Å². The minimum atomic E-state index is 0.694. The Bertz CT molecular complexity index is 429. The maximum absolute atomic E-state index is 5.99. The van der Waals surface area contributed by atoms with Crippen LogP contribution < -0.4 is 14.8 Å². The zero-order chi connectivity index (χ0) is 15.1. The van der Waals surface area contributed by atoms with Crippen LogP contribution >= 0.6 is 0 Å². The Morgan fingerprint density at radius 2 is 2.00 bits per heavy atom.